The normalized spacial score (nSPS) is 18.3. The summed E-state index contributed by atoms with van der Waals surface area (Å²) in [6, 6.07) is 7.46. The van der Waals surface area contributed by atoms with Gasteiger partial charge in [0.15, 0.2) is 0 Å². The summed E-state index contributed by atoms with van der Waals surface area (Å²) in [5, 5.41) is 3.92. The van der Waals surface area contributed by atoms with E-state index in [1.807, 2.05) is 28.8 Å². The summed E-state index contributed by atoms with van der Waals surface area (Å²) in [7, 11) is 3.10. The SMILES string of the molecule is COCCn1c(Cl)c(C(=O)NCC2(OC)CCC(F)(F)CC2)c2ccccc21. The molecule has 1 saturated carbocycles. The first kappa shape index (κ1) is 21.0. The molecule has 3 rings (SSSR count). The number of para-hydroxylation sites is 1. The summed E-state index contributed by atoms with van der Waals surface area (Å²) in [6.07, 6.45) is -0.0954. The van der Waals surface area contributed by atoms with Gasteiger partial charge in [0.25, 0.3) is 5.91 Å². The topological polar surface area (TPSA) is 52.5 Å². The van der Waals surface area contributed by atoms with Crippen molar-refractivity contribution in [3.05, 3.63) is 35.0 Å². The number of carbonyl (C=O) groups is 1. The molecule has 1 N–H and O–H groups in total. The monoisotopic (exact) mass is 414 g/mol. The number of methoxy groups -OCH3 is 2. The smallest absolute Gasteiger partial charge is 0.255 e. The van der Waals surface area contributed by atoms with Crippen molar-refractivity contribution < 1.29 is 23.0 Å². The van der Waals surface area contributed by atoms with Crippen molar-refractivity contribution >= 4 is 28.4 Å². The number of hydrogen-bond donors (Lipinski definition) is 1. The third-order valence-electron chi connectivity index (χ3n) is 5.55. The van der Waals surface area contributed by atoms with Crippen LogP contribution in [0.25, 0.3) is 10.9 Å². The van der Waals surface area contributed by atoms with E-state index in [1.54, 1.807) is 7.11 Å². The molecule has 2 aromatic rings. The van der Waals surface area contributed by atoms with E-state index in [1.165, 1.54) is 7.11 Å². The second kappa shape index (κ2) is 8.35. The average Bonchev–Trinajstić information content (AvgIpc) is 2.97. The van der Waals surface area contributed by atoms with Crippen molar-refractivity contribution in [3.63, 3.8) is 0 Å². The fourth-order valence-corrected chi connectivity index (χ4v) is 4.11. The van der Waals surface area contributed by atoms with Crippen molar-refractivity contribution in [2.75, 3.05) is 27.4 Å². The Morgan fingerprint density at radius 2 is 1.89 bits per heavy atom. The van der Waals surface area contributed by atoms with Crippen molar-refractivity contribution in [2.24, 2.45) is 0 Å². The average molecular weight is 415 g/mol. The lowest BCUT2D eigenvalue weighted by Crippen LogP contribution is -2.48. The molecule has 1 heterocycles. The van der Waals surface area contributed by atoms with Crippen molar-refractivity contribution in [2.45, 2.75) is 43.8 Å². The second-order valence-electron chi connectivity index (χ2n) is 7.25. The zero-order chi connectivity index (χ0) is 20.4. The molecule has 1 aromatic carbocycles. The Balaban J connectivity index is 1.81. The van der Waals surface area contributed by atoms with Gasteiger partial charge in [-0.2, -0.15) is 0 Å². The molecule has 154 valence electrons. The van der Waals surface area contributed by atoms with Crippen molar-refractivity contribution in [3.8, 4) is 0 Å². The highest BCUT2D eigenvalue weighted by molar-refractivity contribution is 6.35. The Bertz CT molecular complexity index is 843. The molecule has 1 amide bonds. The molecular weight excluding hydrogens is 390 g/mol. The van der Waals surface area contributed by atoms with Crippen LogP contribution in [0.5, 0.6) is 0 Å². The molecule has 0 bridgehead atoms. The molecule has 1 fully saturated rings. The number of aromatic nitrogens is 1. The predicted molar refractivity (Wildman–Crippen MR) is 104 cm³/mol. The number of amides is 1. The van der Waals surface area contributed by atoms with Gasteiger partial charge in [-0.3, -0.25) is 4.79 Å². The molecular formula is C20H25ClF2N2O3. The summed E-state index contributed by atoms with van der Waals surface area (Å²) in [4.78, 5) is 13.0. The molecule has 0 spiro atoms. The lowest BCUT2D eigenvalue weighted by molar-refractivity contribution is -0.116. The van der Waals surface area contributed by atoms with Crippen LogP contribution in [-0.2, 0) is 16.0 Å². The van der Waals surface area contributed by atoms with Crippen LogP contribution in [0.1, 0.15) is 36.0 Å². The highest BCUT2D eigenvalue weighted by atomic mass is 35.5. The number of benzene rings is 1. The van der Waals surface area contributed by atoms with Gasteiger partial charge < -0.3 is 19.4 Å². The number of nitrogens with one attached hydrogen (secondary N) is 1. The lowest BCUT2D eigenvalue weighted by atomic mass is 9.82. The van der Waals surface area contributed by atoms with E-state index < -0.39 is 11.5 Å². The third-order valence-corrected chi connectivity index (χ3v) is 5.94. The number of carbonyl (C=O) groups excluding carboxylic acids is 1. The maximum atomic E-state index is 13.5. The van der Waals surface area contributed by atoms with Gasteiger partial charge in [-0.1, -0.05) is 29.8 Å². The van der Waals surface area contributed by atoms with E-state index in [-0.39, 0.29) is 38.1 Å². The fraction of sp³-hybridized carbons (Fsp3) is 0.550. The quantitative estimate of drug-likeness (QED) is 0.736. The Labute approximate surface area is 167 Å². The summed E-state index contributed by atoms with van der Waals surface area (Å²) in [6.45, 7) is 1.13. The maximum Gasteiger partial charge on any atom is 0.255 e. The number of alkyl halides is 2. The van der Waals surface area contributed by atoms with Gasteiger partial charge in [0, 0.05) is 45.5 Å². The van der Waals surface area contributed by atoms with Gasteiger partial charge in [0.1, 0.15) is 5.15 Å². The largest absolute Gasteiger partial charge is 0.383 e. The molecule has 0 atom stereocenters. The van der Waals surface area contributed by atoms with Gasteiger partial charge in [-0.05, 0) is 18.9 Å². The number of fused-ring (bicyclic) bond motifs is 1. The first-order valence-electron chi connectivity index (χ1n) is 9.29. The minimum Gasteiger partial charge on any atom is -0.383 e. The number of rotatable bonds is 7. The van der Waals surface area contributed by atoms with Crippen LogP contribution in [0.3, 0.4) is 0 Å². The number of nitrogens with zero attached hydrogens (tertiary/aromatic N) is 1. The first-order chi connectivity index (χ1) is 13.3. The molecule has 1 aliphatic rings. The Hall–Kier alpha value is -1.70. The Morgan fingerprint density at radius 1 is 1.21 bits per heavy atom. The molecule has 0 unspecified atom stereocenters. The number of hydrogen-bond acceptors (Lipinski definition) is 3. The highest BCUT2D eigenvalue weighted by Gasteiger charge is 2.43. The molecule has 1 aliphatic carbocycles. The number of ether oxygens (including phenoxy) is 2. The first-order valence-corrected chi connectivity index (χ1v) is 9.67. The van der Waals surface area contributed by atoms with Crippen LogP contribution in [0.4, 0.5) is 8.78 Å². The minimum atomic E-state index is -2.66. The van der Waals surface area contributed by atoms with Gasteiger partial charge in [-0.25, -0.2) is 8.78 Å². The van der Waals surface area contributed by atoms with Gasteiger partial charge in [-0.15, -0.1) is 0 Å². The molecule has 28 heavy (non-hydrogen) atoms. The van der Waals surface area contributed by atoms with E-state index in [0.29, 0.717) is 23.9 Å². The molecule has 0 aliphatic heterocycles. The van der Waals surface area contributed by atoms with E-state index in [0.717, 1.165) is 10.9 Å². The van der Waals surface area contributed by atoms with Gasteiger partial charge >= 0.3 is 0 Å². The van der Waals surface area contributed by atoms with E-state index >= 15 is 0 Å². The fourth-order valence-electron chi connectivity index (χ4n) is 3.74. The van der Waals surface area contributed by atoms with Crippen LogP contribution in [-0.4, -0.2) is 49.4 Å². The van der Waals surface area contributed by atoms with Crippen LogP contribution in [0.15, 0.2) is 24.3 Å². The standard InChI is InChI=1S/C20H25ClF2N2O3/c1-27-12-11-25-15-6-4-3-5-14(15)16(17(25)21)18(26)24-13-19(28-2)7-9-20(22,23)10-8-19/h3-6H,7-13H2,1-2H3,(H,24,26). The highest BCUT2D eigenvalue weighted by Crippen LogP contribution is 2.40. The van der Waals surface area contributed by atoms with Gasteiger partial charge in [0.2, 0.25) is 5.92 Å². The Kier molecular flexibility index (Phi) is 6.27. The number of halogens is 3. The van der Waals surface area contributed by atoms with Gasteiger partial charge in [0.05, 0.1) is 23.3 Å². The lowest BCUT2D eigenvalue weighted by Gasteiger charge is -2.39. The molecule has 8 heteroatoms. The van der Waals surface area contributed by atoms with Crippen LogP contribution < -0.4 is 5.32 Å². The molecule has 0 saturated heterocycles. The molecule has 0 radical (unpaired) electrons. The van der Waals surface area contributed by atoms with E-state index in [9.17, 15) is 13.6 Å². The zero-order valence-corrected chi connectivity index (χ0v) is 16.8. The third kappa shape index (κ3) is 4.16. The van der Waals surface area contributed by atoms with E-state index in [2.05, 4.69) is 5.32 Å². The van der Waals surface area contributed by atoms with Crippen LogP contribution in [0.2, 0.25) is 5.15 Å². The van der Waals surface area contributed by atoms with E-state index in [4.69, 9.17) is 21.1 Å². The van der Waals surface area contributed by atoms with Crippen LogP contribution >= 0.6 is 11.6 Å². The summed E-state index contributed by atoms with van der Waals surface area (Å²) in [5.74, 6) is -3.00. The van der Waals surface area contributed by atoms with Crippen molar-refractivity contribution in [1.29, 1.82) is 0 Å². The molecule has 1 aromatic heterocycles. The summed E-state index contributed by atoms with van der Waals surface area (Å²) >= 11 is 6.53. The Morgan fingerprint density at radius 3 is 2.54 bits per heavy atom. The summed E-state index contributed by atoms with van der Waals surface area (Å²) in [5.41, 5.74) is 0.437. The zero-order valence-electron chi connectivity index (χ0n) is 16.1. The maximum absolute atomic E-state index is 13.5. The predicted octanol–water partition coefficient (Wildman–Crippen LogP) is 4.27. The van der Waals surface area contributed by atoms with Crippen LogP contribution in [0, 0.1) is 0 Å². The van der Waals surface area contributed by atoms with Crippen molar-refractivity contribution in [1.82, 2.24) is 9.88 Å². The minimum absolute atomic E-state index is 0.159. The molecule has 5 nitrogen and oxygen atoms in total. The summed E-state index contributed by atoms with van der Waals surface area (Å²) < 4.78 is 39.5. The second-order valence-corrected chi connectivity index (χ2v) is 7.61.